The van der Waals surface area contributed by atoms with E-state index in [1.54, 1.807) is 0 Å². The molecular weight excluding hydrogens is 489 g/mol. The molecule has 6 heteroatoms. The first-order chi connectivity index (χ1) is 16.7. The van der Waals surface area contributed by atoms with Crippen LogP contribution in [0.25, 0.3) is 0 Å². The molecule has 0 N–H and O–H groups in total. The van der Waals surface area contributed by atoms with Gasteiger partial charge in [-0.25, -0.2) is 0 Å². The lowest BCUT2D eigenvalue weighted by Crippen LogP contribution is -2.37. The Morgan fingerprint density at radius 1 is 0.778 bits per heavy atom. The molecule has 36 heavy (non-hydrogen) atoms. The van der Waals surface area contributed by atoms with Crippen LogP contribution in [0.3, 0.4) is 0 Å². The van der Waals surface area contributed by atoms with Crippen LogP contribution < -0.4 is 4.74 Å². The summed E-state index contributed by atoms with van der Waals surface area (Å²) < 4.78 is 6.46. The van der Waals surface area contributed by atoms with E-state index >= 15 is 0 Å². The quantitative estimate of drug-likeness (QED) is 0.375. The van der Waals surface area contributed by atoms with Gasteiger partial charge in [-0.1, -0.05) is 48.5 Å². The van der Waals surface area contributed by atoms with Crippen molar-refractivity contribution in [2.75, 3.05) is 19.6 Å². The third-order valence-corrected chi connectivity index (χ3v) is 7.07. The molecule has 0 amide bonds. The highest BCUT2D eigenvalue weighted by Crippen LogP contribution is 2.27. The van der Waals surface area contributed by atoms with Crippen molar-refractivity contribution in [3.63, 3.8) is 0 Å². The van der Waals surface area contributed by atoms with Crippen LogP contribution >= 0.6 is 24.8 Å². The number of nitriles is 1. The molecule has 0 aliphatic carbocycles. The van der Waals surface area contributed by atoms with Crippen LogP contribution in [0.1, 0.15) is 47.1 Å². The van der Waals surface area contributed by atoms with Crippen LogP contribution in [0.5, 0.6) is 5.75 Å². The molecule has 0 aromatic heterocycles. The van der Waals surface area contributed by atoms with Crippen molar-refractivity contribution in [3.05, 3.63) is 101 Å². The van der Waals surface area contributed by atoms with Crippen molar-refractivity contribution >= 4 is 24.8 Å². The van der Waals surface area contributed by atoms with Gasteiger partial charge in [0.05, 0.1) is 11.6 Å². The lowest BCUT2D eigenvalue weighted by atomic mass is 10.0. The summed E-state index contributed by atoms with van der Waals surface area (Å²) in [5, 5.41) is 8.98. The first-order valence-corrected chi connectivity index (χ1v) is 12.5. The predicted molar refractivity (Wildman–Crippen MR) is 150 cm³/mol. The second-order valence-corrected chi connectivity index (χ2v) is 9.63. The Bertz CT molecular complexity index is 1120. The van der Waals surface area contributed by atoms with Crippen molar-refractivity contribution in [2.24, 2.45) is 0 Å². The highest BCUT2D eigenvalue weighted by Gasteiger charge is 2.22. The fourth-order valence-corrected chi connectivity index (χ4v) is 5.18. The SMILES string of the molecule is Cl.Cl.N#Cc1ccc(CN2CCC(Oc3ccc4c(c3)CN(Cc3ccccc3)CCC4)CC2)cc1. The van der Waals surface area contributed by atoms with E-state index in [0.29, 0.717) is 0 Å². The van der Waals surface area contributed by atoms with Crippen molar-refractivity contribution in [1.82, 2.24) is 9.80 Å². The molecule has 0 unspecified atom stereocenters. The largest absolute Gasteiger partial charge is 0.490 e. The number of aryl methyl sites for hydroxylation is 1. The molecule has 190 valence electrons. The maximum absolute atomic E-state index is 8.98. The first-order valence-electron chi connectivity index (χ1n) is 12.5. The van der Waals surface area contributed by atoms with E-state index in [9.17, 15) is 0 Å². The van der Waals surface area contributed by atoms with Gasteiger partial charge in [-0.3, -0.25) is 9.80 Å². The van der Waals surface area contributed by atoms with Gasteiger partial charge in [-0.15, -0.1) is 24.8 Å². The maximum Gasteiger partial charge on any atom is 0.120 e. The Hall–Kier alpha value is -2.55. The van der Waals surface area contributed by atoms with E-state index in [1.165, 1.54) is 28.7 Å². The number of piperidine rings is 1. The van der Waals surface area contributed by atoms with Gasteiger partial charge in [0, 0.05) is 32.7 Å². The topological polar surface area (TPSA) is 39.5 Å². The Morgan fingerprint density at radius 2 is 1.47 bits per heavy atom. The molecule has 0 spiro atoms. The summed E-state index contributed by atoms with van der Waals surface area (Å²) in [5.74, 6) is 1.02. The van der Waals surface area contributed by atoms with E-state index in [4.69, 9.17) is 10.00 Å². The average Bonchev–Trinajstić information content (AvgIpc) is 3.07. The van der Waals surface area contributed by atoms with Gasteiger partial charge in [0.25, 0.3) is 0 Å². The Kier molecular flexibility index (Phi) is 10.6. The summed E-state index contributed by atoms with van der Waals surface area (Å²) in [6, 6.07) is 27.7. The summed E-state index contributed by atoms with van der Waals surface area (Å²) in [6.07, 6.45) is 4.73. The molecule has 0 radical (unpaired) electrons. The van der Waals surface area contributed by atoms with Crippen LogP contribution in [-0.4, -0.2) is 35.5 Å². The molecule has 4 nitrogen and oxygen atoms in total. The monoisotopic (exact) mass is 523 g/mol. The zero-order valence-corrected chi connectivity index (χ0v) is 22.3. The van der Waals surface area contributed by atoms with E-state index < -0.39 is 0 Å². The molecule has 2 heterocycles. The molecule has 2 aliphatic heterocycles. The third-order valence-electron chi connectivity index (χ3n) is 7.07. The number of rotatable bonds is 6. The molecule has 2 aliphatic rings. The highest BCUT2D eigenvalue weighted by molar-refractivity contribution is 5.85. The van der Waals surface area contributed by atoms with Gasteiger partial charge in [-0.05, 0) is 78.7 Å². The normalized spacial score (nSPS) is 16.5. The van der Waals surface area contributed by atoms with Gasteiger partial charge in [0.1, 0.15) is 11.9 Å². The van der Waals surface area contributed by atoms with Crippen LogP contribution in [-0.2, 0) is 26.1 Å². The molecule has 3 aromatic carbocycles. The van der Waals surface area contributed by atoms with Crippen LogP contribution in [0.4, 0.5) is 0 Å². The van der Waals surface area contributed by atoms with Crippen molar-refractivity contribution in [3.8, 4) is 11.8 Å². The van der Waals surface area contributed by atoms with Crippen LogP contribution in [0.15, 0.2) is 72.8 Å². The second kappa shape index (κ2) is 13.7. The second-order valence-electron chi connectivity index (χ2n) is 9.63. The lowest BCUT2D eigenvalue weighted by Gasteiger charge is -2.32. The minimum Gasteiger partial charge on any atom is -0.490 e. The Labute approximate surface area is 227 Å². The van der Waals surface area contributed by atoms with Crippen molar-refractivity contribution in [1.29, 1.82) is 5.26 Å². The first kappa shape index (κ1) is 28.0. The Morgan fingerprint density at radius 3 is 2.19 bits per heavy atom. The molecule has 5 rings (SSSR count). The summed E-state index contributed by atoms with van der Waals surface area (Å²) in [7, 11) is 0. The summed E-state index contributed by atoms with van der Waals surface area (Å²) >= 11 is 0. The van der Waals surface area contributed by atoms with Gasteiger partial charge < -0.3 is 4.74 Å². The summed E-state index contributed by atoms with van der Waals surface area (Å²) in [4.78, 5) is 5.05. The maximum atomic E-state index is 8.98. The van der Waals surface area contributed by atoms with Gasteiger partial charge >= 0.3 is 0 Å². The third kappa shape index (κ3) is 7.48. The fraction of sp³-hybridized carbons (Fsp3) is 0.367. The highest BCUT2D eigenvalue weighted by atomic mass is 35.5. The molecule has 1 fully saturated rings. The minimum absolute atomic E-state index is 0. The average molecular weight is 525 g/mol. The predicted octanol–water partition coefficient (Wildman–Crippen LogP) is 6.39. The van der Waals surface area contributed by atoms with E-state index in [1.807, 2.05) is 12.1 Å². The number of nitrogens with zero attached hydrogens (tertiary/aromatic N) is 3. The molecule has 0 saturated carbocycles. The van der Waals surface area contributed by atoms with E-state index in [-0.39, 0.29) is 30.9 Å². The van der Waals surface area contributed by atoms with Crippen LogP contribution in [0, 0.1) is 11.3 Å². The molecule has 0 atom stereocenters. The number of likely N-dealkylation sites (tertiary alicyclic amines) is 1. The van der Waals surface area contributed by atoms with E-state index in [0.717, 1.165) is 69.8 Å². The van der Waals surface area contributed by atoms with Gasteiger partial charge in [0.2, 0.25) is 0 Å². The zero-order valence-electron chi connectivity index (χ0n) is 20.6. The smallest absolute Gasteiger partial charge is 0.120 e. The Balaban J connectivity index is 0.00000180. The summed E-state index contributed by atoms with van der Waals surface area (Å²) in [5.41, 5.74) is 6.26. The molecule has 3 aromatic rings. The van der Waals surface area contributed by atoms with E-state index in [2.05, 4.69) is 76.5 Å². The number of fused-ring (bicyclic) bond motifs is 1. The molecule has 1 saturated heterocycles. The van der Waals surface area contributed by atoms with Crippen molar-refractivity contribution in [2.45, 2.75) is 51.4 Å². The molecule has 0 bridgehead atoms. The number of ether oxygens (including phenoxy) is 1. The van der Waals surface area contributed by atoms with Crippen molar-refractivity contribution < 1.29 is 4.74 Å². The minimum atomic E-state index is 0. The zero-order chi connectivity index (χ0) is 23.2. The number of hydrogen-bond acceptors (Lipinski definition) is 4. The fourth-order valence-electron chi connectivity index (χ4n) is 5.18. The van der Waals surface area contributed by atoms with Gasteiger partial charge in [0.15, 0.2) is 0 Å². The standard InChI is InChI=1S/C30H33N3O.2ClH/c31-20-24-8-10-26(11-9-24)21-32-17-14-29(15-18-32)34-30-13-12-27-7-4-16-33(23-28(27)19-30)22-25-5-2-1-3-6-25;;/h1-3,5-6,8-13,19,29H,4,7,14-18,21-23H2;2*1H. The van der Waals surface area contributed by atoms with Crippen LogP contribution in [0.2, 0.25) is 0 Å². The number of hydrogen-bond donors (Lipinski definition) is 0. The lowest BCUT2D eigenvalue weighted by molar-refractivity contribution is 0.0967. The number of benzene rings is 3. The summed E-state index contributed by atoms with van der Waals surface area (Å²) in [6.45, 7) is 6.15. The molecular formula is C30H35Cl2N3O. The van der Waals surface area contributed by atoms with Gasteiger partial charge in [-0.2, -0.15) is 5.26 Å². The number of halogens is 2.